The molecule has 118 valence electrons. The van der Waals surface area contributed by atoms with E-state index in [0.29, 0.717) is 19.0 Å². The quantitative estimate of drug-likeness (QED) is 0.836. The molecular weight excluding hydrogens is 284 g/mol. The van der Waals surface area contributed by atoms with Crippen molar-refractivity contribution in [1.29, 1.82) is 0 Å². The first-order chi connectivity index (χ1) is 10.7. The van der Waals surface area contributed by atoms with Crippen LogP contribution in [0.15, 0.2) is 29.1 Å². The van der Waals surface area contributed by atoms with E-state index in [1.165, 1.54) is 0 Å². The number of ether oxygens (including phenoxy) is 2. The van der Waals surface area contributed by atoms with Crippen molar-refractivity contribution in [3.63, 3.8) is 0 Å². The number of hydrogen-bond donors (Lipinski definition) is 2. The van der Waals surface area contributed by atoms with Crippen molar-refractivity contribution < 1.29 is 9.47 Å². The van der Waals surface area contributed by atoms with Crippen LogP contribution >= 0.6 is 0 Å². The Kier molecular flexibility index (Phi) is 4.43. The number of H-pyrrole nitrogens is 2. The van der Waals surface area contributed by atoms with Crippen LogP contribution < -0.4 is 15.2 Å². The predicted octanol–water partition coefficient (Wildman–Crippen LogP) is 1.15. The lowest BCUT2D eigenvalue weighted by Gasteiger charge is -2.30. The summed E-state index contributed by atoms with van der Waals surface area (Å²) in [5, 5.41) is 6.35. The number of aromatic nitrogens is 3. The van der Waals surface area contributed by atoms with Gasteiger partial charge in [0.1, 0.15) is 18.5 Å². The number of aromatic amines is 2. The molecule has 1 aromatic carbocycles. The van der Waals surface area contributed by atoms with Crippen molar-refractivity contribution in [2.24, 2.45) is 0 Å². The molecule has 0 fully saturated rings. The standard InChI is InChI=1S/C15H20N4O3/c1-2-7-19(9-14-16-15(20)18-17-14)8-11-10-21-12-5-3-4-6-13(12)22-11/h3-6,11H,2,7-10H2,1H3,(H2,16,17,18,20). The third-order valence-corrected chi connectivity index (χ3v) is 3.49. The maximum Gasteiger partial charge on any atom is 0.340 e. The predicted molar refractivity (Wildman–Crippen MR) is 81.1 cm³/mol. The van der Waals surface area contributed by atoms with Crippen molar-refractivity contribution >= 4 is 0 Å². The number of fused-ring (bicyclic) bond motifs is 1. The van der Waals surface area contributed by atoms with Crippen LogP contribution in [-0.2, 0) is 6.54 Å². The van der Waals surface area contributed by atoms with Crippen molar-refractivity contribution in [2.75, 3.05) is 19.7 Å². The number of rotatable bonds is 6. The Balaban J connectivity index is 1.63. The second-order valence-electron chi connectivity index (χ2n) is 5.36. The molecule has 7 nitrogen and oxygen atoms in total. The van der Waals surface area contributed by atoms with Crippen LogP contribution in [-0.4, -0.2) is 45.9 Å². The Hall–Kier alpha value is -2.28. The number of nitrogens with zero attached hydrogens (tertiary/aromatic N) is 2. The lowest BCUT2D eigenvalue weighted by Crippen LogP contribution is -2.41. The maximum atomic E-state index is 11.1. The van der Waals surface area contributed by atoms with Crippen LogP contribution in [0.3, 0.4) is 0 Å². The van der Waals surface area contributed by atoms with E-state index in [4.69, 9.17) is 9.47 Å². The summed E-state index contributed by atoms with van der Waals surface area (Å²) in [7, 11) is 0. The van der Waals surface area contributed by atoms with E-state index < -0.39 is 0 Å². The Labute approximate surface area is 128 Å². The average Bonchev–Trinajstić information content (AvgIpc) is 2.92. The molecular formula is C15H20N4O3. The van der Waals surface area contributed by atoms with Gasteiger partial charge < -0.3 is 9.47 Å². The second kappa shape index (κ2) is 6.65. The van der Waals surface area contributed by atoms with Gasteiger partial charge in [-0.3, -0.25) is 9.88 Å². The molecule has 0 spiro atoms. The first kappa shape index (κ1) is 14.6. The molecule has 1 atom stereocenters. The molecule has 7 heteroatoms. The Morgan fingerprint density at radius 2 is 2.18 bits per heavy atom. The molecule has 2 heterocycles. The fraction of sp³-hybridized carbons (Fsp3) is 0.467. The molecule has 0 amide bonds. The van der Waals surface area contributed by atoms with Gasteiger partial charge in [-0.1, -0.05) is 19.1 Å². The summed E-state index contributed by atoms with van der Waals surface area (Å²) in [4.78, 5) is 16.0. The van der Waals surface area contributed by atoms with Crippen molar-refractivity contribution in [3.05, 3.63) is 40.6 Å². The number of nitrogens with one attached hydrogen (secondary N) is 2. The summed E-state index contributed by atoms with van der Waals surface area (Å²) in [6, 6.07) is 7.68. The summed E-state index contributed by atoms with van der Waals surface area (Å²) in [6.45, 7) is 4.84. The van der Waals surface area contributed by atoms with Gasteiger partial charge in [-0.25, -0.2) is 9.89 Å². The van der Waals surface area contributed by atoms with Crippen LogP contribution in [0.2, 0.25) is 0 Å². The molecule has 22 heavy (non-hydrogen) atoms. The van der Waals surface area contributed by atoms with Gasteiger partial charge in [-0.15, -0.1) is 0 Å². The summed E-state index contributed by atoms with van der Waals surface area (Å²) < 4.78 is 11.7. The highest BCUT2D eigenvalue weighted by atomic mass is 16.6. The molecule has 3 rings (SSSR count). The molecule has 0 aliphatic carbocycles. The van der Waals surface area contributed by atoms with Gasteiger partial charge in [0.05, 0.1) is 6.54 Å². The molecule has 0 radical (unpaired) electrons. The van der Waals surface area contributed by atoms with E-state index in [2.05, 4.69) is 27.0 Å². The number of para-hydroxylation sites is 2. The Morgan fingerprint density at radius 1 is 1.36 bits per heavy atom. The summed E-state index contributed by atoms with van der Waals surface area (Å²) >= 11 is 0. The van der Waals surface area contributed by atoms with E-state index in [0.717, 1.165) is 31.0 Å². The van der Waals surface area contributed by atoms with Crippen LogP contribution in [0.25, 0.3) is 0 Å². The Bertz CT molecular complexity index is 667. The van der Waals surface area contributed by atoms with Crippen molar-refractivity contribution in [1.82, 2.24) is 20.1 Å². The maximum absolute atomic E-state index is 11.1. The van der Waals surface area contributed by atoms with E-state index in [9.17, 15) is 4.79 Å². The Morgan fingerprint density at radius 3 is 2.91 bits per heavy atom. The molecule has 1 aromatic heterocycles. The third-order valence-electron chi connectivity index (χ3n) is 3.49. The summed E-state index contributed by atoms with van der Waals surface area (Å²) in [5.74, 6) is 2.20. The highest BCUT2D eigenvalue weighted by Gasteiger charge is 2.23. The fourth-order valence-electron chi connectivity index (χ4n) is 2.58. The minimum absolute atomic E-state index is 0.0351. The van der Waals surface area contributed by atoms with E-state index in [-0.39, 0.29) is 11.8 Å². The topological polar surface area (TPSA) is 83.2 Å². The van der Waals surface area contributed by atoms with Crippen LogP contribution in [0.5, 0.6) is 11.5 Å². The third kappa shape index (κ3) is 3.48. The molecule has 1 unspecified atom stereocenters. The first-order valence-electron chi connectivity index (χ1n) is 7.49. The summed E-state index contributed by atoms with van der Waals surface area (Å²) in [5.41, 5.74) is -0.280. The molecule has 2 N–H and O–H groups in total. The zero-order valence-corrected chi connectivity index (χ0v) is 12.5. The lowest BCUT2D eigenvalue weighted by atomic mass is 10.2. The van der Waals surface area contributed by atoms with E-state index >= 15 is 0 Å². The molecule has 1 aliphatic rings. The van der Waals surface area contributed by atoms with Crippen molar-refractivity contribution in [2.45, 2.75) is 26.0 Å². The lowest BCUT2D eigenvalue weighted by molar-refractivity contribution is 0.0557. The largest absolute Gasteiger partial charge is 0.486 e. The van der Waals surface area contributed by atoms with Crippen LogP contribution in [0.4, 0.5) is 0 Å². The van der Waals surface area contributed by atoms with Gasteiger partial charge in [0.25, 0.3) is 0 Å². The van der Waals surface area contributed by atoms with Gasteiger partial charge in [0, 0.05) is 6.54 Å². The highest BCUT2D eigenvalue weighted by Crippen LogP contribution is 2.31. The number of hydrogen-bond acceptors (Lipinski definition) is 5. The van der Waals surface area contributed by atoms with Crippen LogP contribution in [0.1, 0.15) is 19.2 Å². The minimum Gasteiger partial charge on any atom is -0.486 e. The molecule has 0 saturated heterocycles. The zero-order valence-electron chi connectivity index (χ0n) is 12.5. The fourth-order valence-corrected chi connectivity index (χ4v) is 2.58. The van der Waals surface area contributed by atoms with Gasteiger partial charge >= 0.3 is 5.69 Å². The second-order valence-corrected chi connectivity index (χ2v) is 5.36. The molecule has 0 saturated carbocycles. The molecule has 2 aromatic rings. The minimum atomic E-state index is -0.280. The average molecular weight is 304 g/mol. The monoisotopic (exact) mass is 304 g/mol. The van der Waals surface area contributed by atoms with Crippen LogP contribution in [0, 0.1) is 0 Å². The smallest absolute Gasteiger partial charge is 0.340 e. The highest BCUT2D eigenvalue weighted by molar-refractivity contribution is 5.40. The van der Waals surface area contributed by atoms with Gasteiger partial charge in [0.15, 0.2) is 11.5 Å². The number of benzene rings is 1. The summed E-state index contributed by atoms with van der Waals surface area (Å²) in [6.07, 6.45) is 0.978. The SMILES string of the molecule is CCCN(Cc1n[nH]c(=O)[nH]1)CC1COc2ccccc2O1. The normalized spacial score (nSPS) is 16.9. The molecule has 0 bridgehead atoms. The first-order valence-corrected chi connectivity index (χ1v) is 7.49. The zero-order chi connectivity index (χ0) is 15.4. The van der Waals surface area contributed by atoms with Gasteiger partial charge in [-0.2, -0.15) is 5.10 Å². The van der Waals surface area contributed by atoms with E-state index in [1.54, 1.807) is 0 Å². The van der Waals surface area contributed by atoms with Crippen molar-refractivity contribution in [3.8, 4) is 11.5 Å². The molecule has 1 aliphatic heterocycles. The van der Waals surface area contributed by atoms with Gasteiger partial charge in [-0.05, 0) is 25.1 Å². The van der Waals surface area contributed by atoms with E-state index in [1.807, 2.05) is 24.3 Å². The van der Waals surface area contributed by atoms with Gasteiger partial charge in [0.2, 0.25) is 0 Å².